The van der Waals surface area contributed by atoms with Gasteiger partial charge in [0.1, 0.15) is 0 Å². The highest BCUT2D eigenvalue weighted by molar-refractivity contribution is 5.69. The van der Waals surface area contributed by atoms with Crippen LogP contribution >= 0.6 is 0 Å². The van der Waals surface area contributed by atoms with Gasteiger partial charge in [0.05, 0.1) is 18.5 Å². The lowest BCUT2D eigenvalue weighted by molar-refractivity contribution is -0.385. The van der Waals surface area contributed by atoms with Crippen LogP contribution in [0, 0.1) is 10.1 Å². The highest BCUT2D eigenvalue weighted by Gasteiger charge is 2.13. The van der Waals surface area contributed by atoms with Crippen molar-refractivity contribution < 1.29 is 14.5 Å². The number of nitrogens with zero attached hydrogens (tertiary/aromatic N) is 2. The average molecular weight is 280 g/mol. The van der Waals surface area contributed by atoms with Crippen LogP contribution < -0.4 is 0 Å². The lowest BCUT2D eigenvalue weighted by atomic mass is 10.1. The van der Waals surface area contributed by atoms with Crippen LogP contribution in [0.1, 0.15) is 18.9 Å². The van der Waals surface area contributed by atoms with Gasteiger partial charge in [-0.2, -0.15) is 0 Å². The molecule has 0 amide bonds. The largest absolute Gasteiger partial charge is 0.469 e. The summed E-state index contributed by atoms with van der Waals surface area (Å²) in [7, 11) is 1.37. The third-order valence-electron chi connectivity index (χ3n) is 3.19. The molecule has 0 heterocycles. The topological polar surface area (TPSA) is 72.7 Å². The maximum absolute atomic E-state index is 11.1. The van der Waals surface area contributed by atoms with E-state index in [0.29, 0.717) is 31.5 Å². The smallest absolute Gasteiger partial charge is 0.306 e. The minimum absolute atomic E-state index is 0.150. The van der Waals surface area contributed by atoms with Crippen LogP contribution in [0.25, 0.3) is 0 Å². The molecule has 6 nitrogen and oxygen atoms in total. The number of esters is 1. The van der Waals surface area contributed by atoms with Gasteiger partial charge in [-0.25, -0.2) is 0 Å². The number of ether oxygens (including phenoxy) is 1. The number of benzene rings is 1. The van der Waals surface area contributed by atoms with Crippen molar-refractivity contribution in [1.29, 1.82) is 0 Å². The van der Waals surface area contributed by atoms with Gasteiger partial charge in [-0.15, -0.1) is 0 Å². The Bertz CT molecular complexity index is 462. The monoisotopic (exact) mass is 280 g/mol. The Labute approximate surface area is 118 Å². The Morgan fingerprint density at radius 1 is 1.35 bits per heavy atom. The molecule has 20 heavy (non-hydrogen) atoms. The van der Waals surface area contributed by atoms with Crippen LogP contribution in [0.15, 0.2) is 24.3 Å². The zero-order valence-corrected chi connectivity index (χ0v) is 11.9. The lowest BCUT2D eigenvalue weighted by Gasteiger charge is -2.19. The predicted molar refractivity (Wildman–Crippen MR) is 75.5 cm³/mol. The number of hydrogen-bond donors (Lipinski definition) is 0. The summed E-state index contributed by atoms with van der Waals surface area (Å²) in [6, 6.07) is 6.75. The molecule has 6 heteroatoms. The van der Waals surface area contributed by atoms with E-state index in [0.717, 1.165) is 6.54 Å². The molecule has 0 saturated carbocycles. The average Bonchev–Trinajstić information content (AvgIpc) is 2.47. The minimum atomic E-state index is -0.361. The maximum Gasteiger partial charge on any atom is 0.306 e. The zero-order valence-electron chi connectivity index (χ0n) is 11.9. The summed E-state index contributed by atoms with van der Waals surface area (Å²) in [4.78, 5) is 23.7. The Morgan fingerprint density at radius 3 is 2.65 bits per heavy atom. The molecule has 1 rings (SSSR count). The van der Waals surface area contributed by atoms with Gasteiger partial charge in [-0.1, -0.05) is 25.1 Å². The molecule has 0 radical (unpaired) electrons. The van der Waals surface area contributed by atoms with Gasteiger partial charge in [0.2, 0.25) is 0 Å². The number of hydrogen-bond acceptors (Lipinski definition) is 5. The molecule has 0 unspecified atom stereocenters. The van der Waals surface area contributed by atoms with E-state index in [2.05, 4.69) is 9.64 Å². The van der Waals surface area contributed by atoms with Crippen molar-refractivity contribution in [1.82, 2.24) is 4.90 Å². The Kier molecular flexibility index (Phi) is 6.66. The quantitative estimate of drug-likeness (QED) is 0.414. The highest BCUT2D eigenvalue weighted by Crippen LogP contribution is 2.18. The van der Waals surface area contributed by atoms with Crippen LogP contribution in [0.3, 0.4) is 0 Å². The second kappa shape index (κ2) is 8.27. The van der Waals surface area contributed by atoms with Gasteiger partial charge < -0.3 is 9.64 Å². The predicted octanol–water partition coefficient (Wildman–Crippen LogP) is 2.02. The molecule has 1 aromatic rings. The van der Waals surface area contributed by atoms with Crippen molar-refractivity contribution in [2.24, 2.45) is 0 Å². The van der Waals surface area contributed by atoms with E-state index < -0.39 is 0 Å². The summed E-state index contributed by atoms with van der Waals surface area (Å²) < 4.78 is 4.60. The number of carbonyl (C=O) groups is 1. The zero-order chi connectivity index (χ0) is 15.0. The van der Waals surface area contributed by atoms with Crippen LogP contribution in [-0.4, -0.2) is 42.5 Å². The molecule has 110 valence electrons. The lowest BCUT2D eigenvalue weighted by Crippen LogP contribution is -2.28. The molecule has 0 N–H and O–H groups in total. The van der Waals surface area contributed by atoms with Crippen LogP contribution in [0.5, 0.6) is 0 Å². The normalized spacial score (nSPS) is 10.6. The SMILES string of the molecule is CCN(CCC(=O)OC)CCc1ccccc1[N+](=O)[O-]. The van der Waals surface area contributed by atoms with Crippen molar-refractivity contribution in [2.45, 2.75) is 19.8 Å². The van der Waals surface area contributed by atoms with Gasteiger partial charge >= 0.3 is 5.97 Å². The number of carbonyl (C=O) groups excluding carboxylic acids is 1. The number of nitro groups is 1. The maximum atomic E-state index is 11.1. The second-order valence-electron chi connectivity index (χ2n) is 4.40. The molecule has 0 fully saturated rings. The fraction of sp³-hybridized carbons (Fsp3) is 0.500. The van der Waals surface area contributed by atoms with Crippen LogP contribution in [0.2, 0.25) is 0 Å². The van der Waals surface area contributed by atoms with E-state index in [4.69, 9.17) is 0 Å². The summed E-state index contributed by atoms with van der Waals surface area (Å²) >= 11 is 0. The van der Waals surface area contributed by atoms with Crippen LogP contribution in [-0.2, 0) is 16.0 Å². The van der Waals surface area contributed by atoms with Gasteiger partial charge in [0.15, 0.2) is 0 Å². The molecular weight excluding hydrogens is 260 g/mol. The molecule has 0 atom stereocenters. The fourth-order valence-electron chi connectivity index (χ4n) is 1.96. The summed E-state index contributed by atoms with van der Waals surface area (Å²) in [5, 5.41) is 10.9. The number of methoxy groups -OCH3 is 1. The number of rotatable bonds is 8. The van der Waals surface area contributed by atoms with Crippen molar-refractivity contribution in [3.8, 4) is 0 Å². The molecular formula is C14H20N2O4. The van der Waals surface area contributed by atoms with Gasteiger partial charge in [0.25, 0.3) is 5.69 Å². The molecule has 0 aliphatic rings. The fourth-order valence-corrected chi connectivity index (χ4v) is 1.96. The van der Waals surface area contributed by atoms with Gasteiger partial charge in [0, 0.05) is 24.7 Å². The van der Waals surface area contributed by atoms with E-state index >= 15 is 0 Å². The standard InChI is InChI=1S/C14H20N2O4/c1-3-15(11-9-14(17)20-2)10-8-12-6-4-5-7-13(12)16(18)19/h4-7H,3,8-11H2,1-2H3. The Hall–Kier alpha value is -1.95. The van der Waals surface area contributed by atoms with E-state index in [9.17, 15) is 14.9 Å². The number of likely N-dealkylation sites (N-methyl/N-ethyl adjacent to an activating group) is 1. The van der Waals surface area contributed by atoms with Crippen molar-refractivity contribution in [3.63, 3.8) is 0 Å². The summed E-state index contributed by atoms with van der Waals surface area (Å²) in [5.41, 5.74) is 0.866. The summed E-state index contributed by atoms with van der Waals surface area (Å²) in [6.45, 7) is 4.07. The van der Waals surface area contributed by atoms with Crippen LogP contribution in [0.4, 0.5) is 5.69 Å². The molecule has 0 bridgehead atoms. The van der Waals surface area contributed by atoms with Crippen molar-refractivity contribution in [3.05, 3.63) is 39.9 Å². The van der Waals surface area contributed by atoms with Crippen molar-refractivity contribution >= 4 is 11.7 Å². The highest BCUT2D eigenvalue weighted by atomic mass is 16.6. The Balaban J connectivity index is 2.56. The van der Waals surface area contributed by atoms with E-state index in [1.807, 2.05) is 6.92 Å². The second-order valence-corrected chi connectivity index (χ2v) is 4.40. The van der Waals surface area contributed by atoms with Crippen molar-refractivity contribution in [2.75, 3.05) is 26.7 Å². The Morgan fingerprint density at radius 2 is 2.05 bits per heavy atom. The number of nitro benzene ring substituents is 1. The van der Waals surface area contributed by atoms with E-state index in [-0.39, 0.29) is 16.6 Å². The minimum Gasteiger partial charge on any atom is -0.469 e. The molecule has 0 spiro atoms. The molecule has 0 saturated heterocycles. The summed E-state index contributed by atoms with van der Waals surface area (Å²) in [6.07, 6.45) is 0.924. The molecule has 1 aromatic carbocycles. The third kappa shape index (κ3) is 4.97. The van der Waals surface area contributed by atoms with Gasteiger partial charge in [-0.3, -0.25) is 14.9 Å². The first-order valence-corrected chi connectivity index (χ1v) is 6.60. The van der Waals surface area contributed by atoms with Gasteiger partial charge in [-0.05, 0) is 13.0 Å². The molecule has 0 aromatic heterocycles. The molecule has 0 aliphatic carbocycles. The molecule has 0 aliphatic heterocycles. The van der Waals surface area contributed by atoms with E-state index in [1.165, 1.54) is 13.2 Å². The van der Waals surface area contributed by atoms with E-state index in [1.54, 1.807) is 18.2 Å². The third-order valence-corrected chi connectivity index (χ3v) is 3.19. The first-order chi connectivity index (χ1) is 9.58. The first-order valence-electron chi connectivity index (χ1n) is 6.60. The number of para-hydroxylation sites is 1. The first kappa shape index (κ1) is 16.1. The summed E-state index contributed by atoms with van der Waals surface area (Å²) in [5.74, 6) is -0.242.